The van der Waals surface area contributed by atoms with E-state index >= 15 is 0 Å². The van der Waals surface area contributed by atoms with E-state index in [1.807, 2.05) is 37.5 Å². The van der Waals surface area contributed by atoms with Crippen LogP contribution >= 0.6 is 0 Å². The Morgan fingerprint density at radius 3 is 2.62 bits per heavy atom. The summed E-state index contributed by atoms with van der Waals surface area (Å²) in [5.41, 5.74) is 2.28. The van der Waals surface area contributed by atoms with E-state index in [1.165, 1.54) is 17.7 Å². The predicted molar refractivity (Wildman–Crippen MR) is 102 cm³/mol. The maximum Gasteiger partial charge on any atom is 0.308 e. The van der Waals surface area contributed by atoms with Crippen molar-refractivity contribution in [3.8, 4) is 11.5 Å². The van der Waals surface area contributed by atoms with E-state index < -0.39 is 0 Å². The number of ether oxygens (including phenoxy) is 2. The van der Waals surface area contributed by atoms with Gasteiger partial charge in [-0.25, -0.2) is 0 Å². The number of rotatable bonds is 3. The summed E-state index contributed by atoms with van der Waals surface area (Å²) in [6.07, 6.45) is 4.04. The molecule has 2 aromatic carbocycles. The summed E-state index contributed by atoms with van der Waals surface area (Å²) in [4.78, 5) is 11.7. The van der Waals surface area contributed by atoms with E-state index in [0.29, 0.717) is 18.1 Å². The normalized spacial score (nSPS) is 11.2. The lowest BCUT2D eigenvalue weighted by Crippen LogP contribution is -2.22. The molecule has 4 nitrogen and oxygen atoms in total. The molecule has 4 heteroatoms. The van der Waals surface area contributed by atoms with E-state index in [-0.39, 0.29) is 5.97 Å². The third-order valence-electron chi connectivity index (χ3n) is 4.62. The lowest BCUT2D eigenvalue weighted by molar-refractivity contribution is -0.509. The van der Waals surface area contributed by atoms with Gasteiger partial charge >= 0.3 is 5.97 Å². The maximum absolute atomic E-state index is 11.7. The van der Waals surface area contributed by atoms with Gasteiger partial charge in [0.25, 0.3) is 0 Å². The summed E-state index contributed by atoms with van der Waals surface area (Å²) in [7, 11) is 0. The van der Waals surface area contributed by atoms with Gasteiger partial charge in [0, 0.05) is 23.9 Å². The van der Waals surface area contributed by atoms with Crippen molar-refractivity contribution in [1.82, 2.24) is 0 Å². The minimum absolute atomic E-state index is 0.361. The molecule has 0 unspecified atom stereocenters. The average molecular weight is 346 g/mol. The molecule has 0 aliphatic heterocycles. The first-order valence-corrected chi connectivity index (χ1v) is 8.70. The van der Waals surface area contributed by atoms with Gasteiger partial charge in [-0.3, -0.25) is 4.79 Å². The monoisotopic (exact) mass is 346 g/mol. The molecule has 0 atom stereocenters. The van der Waals surface area contributed by atoms with Crippen LogP contribution in [0.15, 0.2) is 54.9 Å². The highest BCUT2D eigenvalue weighted by molar-refractivity contribution is 6.02. The number of benzene rings is 2. The van der Waals surface area contributed by atoms with Crippen molar-refractivity contribution < 1.29 is 18.7 Å². The van der Waals surface area contributed by atoms with Gasteiger partial charge in [0.05, 0.1) is 17.4 Å². The van der Waals surface area contributed by atoms with Crippen molar-refractivity contribution in [2.45, 2.75) is 20.8 Å². The Labute approximate surface area is 151 Å². The molecule has 26 heavy (non-hydrogen) atoms. The highest BCUT2D eigenvalue weighted by Crippen LogP contribution is 2.38. The van der Waals surface area contributed by atoms with Gasteiger partial charge in [-0.15, -0.1) is 0 Å². The highest BCUT2D eigenvalue weighted by Gasteiger charge is 2.20. The Hall–Kier alpha value is -3.14. The van der Waals surface area contributed by atoms with Crippen LogP contribution in [-0.4, -0.2) is 12.6 Å². The molecular formula is C22H20NO3+. The Kier molecular flexibility index (Phi) is 3.96. The zero-order valence-corrected chi connectivity index (χ0v) is 15.1. The second kappa shape index (κ2) is 6.30. The third kappa shape index (κ3) is 2.54. The predicted octanol–water partition coefficient (Wildman–Crippen LogP) is 4.36. The number of aryl methyl sites for hydroxylation is 1. The quantitative estimate of drug-likeness (QED) is 0.182. The number of pyridine rings is 2. The number of fused-ring (bicyclic) bond motifs is 4. The minimum atomic E-state index is -0.361. The number of carbonyl (C=O) groups excluding carboxylic acids is 1. The molecule has 0 N–H and O–H groups in total. The van der Waals surface area contributed by atoms with Crippen LogP contribution in [0, 0.1) is 6.92 Å². The molecular weight excluding hydrogens is 326 g/mol. The second-order valence-electron chi connectivity index (χ2n) is 6.29. The van der Waals surface area contributed by atoms with E-state index in [1.54, 1.807) is 0 Å². The van der Waals surface area contributed by atoms with Gasteiger partial charge in [0.15, 0.2) is 23.9 Å². The zero-order chi connectivity index (χ0) is 18.3. The van der Waals surface area contributed by atoms with E-state index in [2.05, 4.69) is 35.6 Å². The van der Waals surface area contributed by atoms with Gasteiger partial charge in [0.2, 0.25) is 5.52 Å². The van der Waals surface area contributed by atoms with Crippen molar-refractivity contribution in [2.75, 3.05) is 6.61 Å². The van der Waals surface area contributed by atoms with E-state index in [4.69, 9.17) is 9.47 Å². The lowest BCUT2D eigenvalue weighted by atomic mass is 10.0. The Morgan fingerprint density at radius 2 is 1.85 bits per heavy atom. The van der Waals surface area contributed by atoms with Crippen LogP contribution in [0.5, 0.6) is 11.5 Å². The third-order valence-corrected chi connectivity index (χ3v) is 4.62. The first-order valence-electron chi connectivity index (χ1n) is 8.70. The van der Waals surface area contributed by atoms with Crippen LogP contribution in [0.4, 0.5) is 0 Å². The first-order chi connectivity index (χ1) is 12.6. The van der Waals surface area contributed by atoms with Crippen LogP contribution in [-0.2, 0) is 4.79 Å². The van der Waals surface area contributed by atoms with Crippen LogP contribution in [0.3, 0.4) is 0 Å². The molecule has 130 valence electrons. The molecule has 0 aliphatic rings. The highest BCUT2D eigenvalue weighted by atomic mass is 16.6. The van der Waals surface area contributed by atoms with Gasteiger partial charge in [0.1, 0.15) is 0 Å². The Morgan fingerprint density at radius 1 is 1.04 bits per heavy atom. The number of hydrogen-bond donors (Lipinski definition) is 0. The second-order valence-corrected chi connectivity index (χ2v) is 6.29. The molecule has 0 spiro atoms. The Bertz CT molecular complexity index is 1160. The fraction of sp³-hybridized carbons (Fsp3) is 0.182. The van der Waals surface area contributed by atoms with E-state index in [0.717, 1.165) is 21.9 Å². The molecule has 4 rings (SSSR count). The molecule has 0 bridgehead atoms. The van der Waals surface area contributed by atoms with Crippen molar-refractivity contribution in [3.05, 3.63) is 60.4 Å². The van der Waals surface area contributed by atoms with Gasteiger partial charge in [-0.1, -0.05) is 18.2 Å². The summed E-state index contributed by atoms with van der Waals surface area (Å²) in [5.74, 6) is 0.692. The van der Waals surface area contributed by atoms with E-state index in [9.17, 15) is 4.79 Å². The first kappa shape index (κ1) is 16.3. The number of aromatic nitrogens is 1. The number of hydrogen-bond acceptors (Lipinski definition) is 3. The van der Waals surface area contributed by atoms with Gasteiger partial charge in [-0.2, -0.15) is 4.40 Å². The molecule has 0 fully saturated rings. The lowest BCUT2D eigenvalue weighted by Gasteiger charge is -2.13. The molecule has 0 radical (unpaired) electrons. The summed E-state index contributed by atoms with van der Waals surface area (Å²) >= 11 is 0. The summed E-state index contributed by atoms with van der Waals surface area (Å²) in [6, 6.07) is 14.3. The number of nitrogens with zero attached hydrogens (tertiary/aromatic N) is 1. The standard InChI is InChI=1S/C22H20NO3/c1-4-25-20-10-9-17-14(2)21-18-8-6-5-7-16(18)11-12-23(21)13-19(17)22(20)26-15(3)24/h5-13H,4H2,1-3H3/q+1. The molecule has 0 saturated carbocycles. The summed E-state index contributed by atoms with van der Waals surface area (Å²) in [5, 5.41) is 4.29. The van der Waals surface area contributed by atoms with Crippen LogP contribution in [0.25, 0.3) is 27.1 Å². The smallest absolute Gasteiger partial charge is 0.308 e. The largest absolute Gasteiger partial charge is 0.490 e. The fourth-order valence-electron chi connectivity index (χ4n) is 3.55. The van der Waals surface area contributed by atoms with Crippen LogP contribution in [0.2, 0.25) is 0 Å². The van der Waals surface area contributed by atoms with Crippen molar-refractivity contribution in [1.29, 1.82) is 0 Å². The summed E-state index contributed by atoms with van der Waals surface area (Å²) < 4.78 is 13.3. The fourth-order valence-corrected chi connectivity index (χ4v) is 3.55. The Balaban J connectivity index is 2.13. The van der Waals surface area contributed by atoms with Gasteiger partial charge in [-0.05, 0) is 37.4 Å². The topological polar surface area (TPSA) is 39.6 Å². The minimum Gasteiger partial charge on any atom is -0.490 e. The average Bonchev–Trinajstić information content (AvgIpc) is 2.63. The molecule has 0 aliphatic carbocycles. The van der Waals surface area contributed by atoms with Crippen LogP contribution in [0.1, 0.15) is 19.4 Å². The number of esters is 1. The van der Waals surface area contributed by atoms with Crippen molar-refractivity contribution >= 4 is 33.0 Å². The summed E-state index contributed by atoms with van der Waals surface area (Å²) in [6.45, 7) is 5.92. The molecule has 2 aromatic heterocycles. The molecule has 0 amide bonds. The number of carbonyl (C=O) groups is 1. The van der Waals surface area contributed by atoms with Gasteiger partial charge < -0.3 is 9.47 Å². The SMILES string of the molecule is CCOc1ccc2c(C)c3c4ccccc4cc[n+]3cc2c1OC(C)=O. The zero-order valence-electron chi connectivity index (χ0n) is 15.1. The molecule has 0 saturated heterocycles. The van der Waals surface area contributed by atoms with Crippen molar-refractivity contribution in [3.63, 3.8) is 0 Å². The molecule has 2 heterocycles. The molecule has 4 aromatic rings. The van der Waals surface area contributed by atoms with Crippen molar-refractivity contribution in [2.24, 2.45) is 0 Å². The maximum atomic E-state index is 11.7. The van der Waals surface area contributed by atoms with Crippen LogP contribution < -0.4 is 13.9 Å².